The van der Waals surface area contributed by atoms with E-state index in [9.17, 15) is 18.6 Å². The monoisotopic (exact) mass is 1440 g/mol. The highest BCUT2D eigenvalue weighted by atomic mass is 32.2. The first kappa shape index (κ1) is 96.9. The second kappa shape index (κ2) is 73.4. The molecule has 2 rings (SSSR count). The lowest BCUT2D eigenvalue weighted by molar-refractivity contribution is 0.00601. The van der Waals surface area contributed by atoms with Crippen molar-refractivity contribution >= 4 is 10.1 Å². The van der Waals surface area contributed by atoms with E-state index >= 15 is 0 Å². The van der Waals surface area contributed by atoms with Crippen molar-refractivity contribution in [2.24, 2.45) is 0 Å². The summed E-state index contributed by atoms with van der Waals surface area (Å²) in [6.07, 6.45) is 107. The van der Waals surface area contributed by atoms with Crippen LogP contribution in [0.1, 0.15) is 406 Å². The molecule has 1 saturated heterocycles. The van der Waals surface area contributed by atoms with Gasteiger partial charge in [-0.1, -0.05) is 322 Å². The van der Waals surface area contributed by atoms with Crippen LogP contribution in [-0.2, 0) is 14.3 Å². The van der Waals surface area contributed by atoms with Crippen LogP contribution < -0.4 is 0 Å². The Morgan fingerprint density at radius 2 is 0.578 bits per heavy atom. The van der Waals surface area contributed by atoms with Crippen molar-refractivity contribution in [3.8, 4) is 0 Å². The fraction of sp³-hybridized carbons (Fsp3) is 0.766. The van der Waals surface area contributed by atoms with Crippen LogP contribution in [0.15, 0.2) is 126 Å². The zero-order valence-corrected chi connectivity index (χ0v) is 69.0. The molecule has 1 aliphatic heterocycles. The van der Waals surface area contributed by atoms with Crippen molar-refractivity contribution < 1.29 is 22.8 Å². The van der Waals surface area contributed by atoms with Gasteiger partial charge < -0.3 is 20.0 Å². The first-order valence-electron chi connectivity index (χ1n) is 43.9. The Labute approximate surface area is 635 Å². The van der Waals surface area contributed by atoms with Crippen LogP contribution in [0.3, 0.4) is 0 Å². The fourth-order valence-electron chi connectivity index (χ4n) is 13.9. The molecule has 0 amide bonds. The second-order valence-electron chi connectivity index (χ2n) is 30.9. The summed E-state index contributed by atoms with van der Waals surface area (Å²) in [4.78, 5) is 5.27. The molecule has 0 radical (unpaired) electrons. The van der Waals surface area contributed by atoms with Crippen molar-refractivity contribution in [2.75, 3.05) is 46.4 Å². The molecular weight excluding hydrogens is 1270 g/mol. The molecule has 8 heteroatoms. The van der Waals surface area contributed by atoms with Gasteiger partial charge in [-0.2, -0.15) is 8.42 Å². The number of hydrogen-bond donors (Lipinski definition) is 2. The Kier molecular flexibility index (Phi) is 69.7. The van der Waals surface area contributed by atoms with Gasteiger partial charge in [-0.05, 0) is 225 Å². The van der Waals surface area contributed by atoms with Crippen molar-refractivity contribution in [1.82, 2.24) is 9.80 Å². The zero-order chi connectivity index (χ0) is 73.9. The topological polar surface area (TPSA) is 90.3 Å². The smallest absolute Gasteiger partial charge is 0.296 e. The Bertz CT molecular complexity index is 2190. The number of aryl methyl sites for hydroxylation is 1. The third-order valence-corrected chi connectivity index (χ3v) is 22.2. The van der Waals surface area contributed by atoms with Gasteiger partial charge in [0.1, 0.15) is 0 Å². The number of unbranched alkanes of at least 4 members (excludes halogenated alkanes) is 38. The Balaban J connectivity index is 0.00000102. The molecule has 7 nitrogen and oxygen atoms in total. The van der Waals surface area contributed by atoms with Crippen LogP contribution in [0.25, 0.3) is 0 Å². The number of likely N-dealkylation sites (N-methyl/N-ethyl adjacent to an activating group) is 1. The summed E-state index contributed by atoms with van der Waals surface area (Å²) >= 11 is 0. The number of rotatable bonds is 72. The third-order valence-electron chi connectivity index (χ3n) is 20.9. The molecule has 0 atom stereocenters. The van der Waals surface area contributed by atoms with Gasteiger partial charge in [0.15, 0.2) is 0 Å². The normalized spacial score (nSPS) is 14.0. The summed E-state index contributed by atoms with van der Waals surface area (Å²) < 4.78 is 30.5. The lowest BCUT2D eigenvalue weighted by atomic mass is 9.85. The minimum Gasteiger partial charge on any atom is -0.390 e. The minimum absolute atomic E-state index is 0.155. The highest BCUT2D eigenvalue weighted by Gasteiger charge is 2.27. The van der Waals surface area contributed by atoms with Gasteiger partial charge in [-0.15, -0.1) is 0 Å². The van der Waals surface area contributed by atoms with Gasteiger partial charge in [0.25, 0.3) is 10.1 Å². The minimum atomic E-state index is -3.75. The Morgan fingerprint density at radius 3 is 0.863 bits per heavy atom. The summed E-state index contributed by atoms with van der Waals surface area (Å²) in [6, 6.07) is 6.78. The fourth-order valence-corrected chi connectivity index (χ4v) is 14.8. The van der Waals surface area contributed by atoms with E-state index in [-0.39, 0.29) is 11.5 Å². The van der Waals surface area contributed by atoms with Crippen LogP contribution in [-0.4, -0.2) is 86.0 Å². The van der Waals surface area contributed by atoms with Gasteiger partial charge >= 0.3 is 0 Å². The van der Waals surface area contributed by atoms with Gasteiger partial charge in [0.05, 0.1) is 22.7 Å². The maximum absolute atomic E-state index is 12.6. The Morgan fingerprint density at radius 1 is 0.333 bits per heavy atom. The molecule has 0 bridgehead atoms. The van der Waals surface area contributed by atoms with Crippen LogP contribution >= 0.6 is 0 Å². The van der Waals surface area contributed by atoms with Crippen molar-refractivity contribution in [3.63, 3.8) is 0 Å². The van der Waals surface area contributed by atoms with Crippen LogP contribution in [0.2, 0.25) is 0 Å². The predicted octanol–water partition coefficient (Wildman–Crippen LogP) is 28.6. The maximum Gasteiger partial charge on any atom is 0.296 e. The number of allylic oxidation sites excluding steroid dienone is 16. The molecule has 1 heterocycles. The quantitative estimate of drug-likeness (QED) is 0.0381. The molecule has 1 aliphatic rings. The molecule has 590 valence electrons. The van der Waals surface area contributed by atoms with Crippen LogP contribution in [0, 0.1) is 6.92 Å². The molecule has 0 aromatic heterocycles. The van der Waals surface area contributed by atoms with Gasteiger partial charge in [-0.3, -0.25) is 4.18 Å². The SMILES string of the molecule is CCCCC/C=C\C/C=C\CCCCCCCCC(O)(CCCCCCCC/C=C\C/C=C\CCCCC)CCCCN1CCN(C)CC1.CCCCC/C=C\C/C=C\CCCCCCCCC(O)(CCCCCCCC/C=C\C/C=C\CCCCC)CCCCOS(=O)(=O)c1ccc(C)cc1. The van der Waals surface area contributed by atoms with Crippen molar-refractivity contribution in [2.45, 2.75) is 423 Å². The standard InChI is InChI=1S/C48H82O4S.C46H86N2O/c1-4-6-8-10-12-14-16-18-20-22-24-26-28-30-32-34-42-48(49,44-36-37-45-52-53(50,51)47-40-38-46(3)39-41-47)43-35-33-31-29-27-25-23-21-19-17-15-13-11-9-7-5-2;1-4-6-8-10-12-14-16-18-20-22-24-26-28-30-32-34-38-46(49,40-36-37-41-48-44-42-47(3)43-45-48)39-35-33-31-29-27-25-23-21-19-17-15-13-11-9-7-5-2/h12-15,18-21,38-41,49H,4-11,16-17,22-37,42-45H2,1-3H3;12-15,18-21,49H,4-11,16-17,22-45H2,1-3H3/b2*14-12-,15-13-,20-18-,21-19-. The van der Waals surface area contributed by atoms with Crippen molar-refractivity contribution in [3.05, 3.63) is 127 Å². The first-order chi connectivity index (χ1) is 49.9. The maximum atomic E-state index is 12.6. The average Bonchev–Trinajstić information content (AvgIpc) is 0.856. The summed E-state index contributed by atoms with van der Waals surface area (Å²) in [5.41, 5.74) is -0.0877. The summed E-state index contributed by atoms with van der Waals surface area (Å²) in [5, 5.41) is 23.5. The number of nitrogens with zero attached hydrogens (tertiary/aromatic N) is 2. The molecule has 102 heavy (non-hydrogen) atoms. The molecule has 0 spiro atoms. The van der Waals surface area contributed by atoms with Gasteiger partial charge in [-0.25, -0.2) is 0 Å². The van der Waals surface area contributed by atoms with E-state index in [0.717, 1.165) is 82.6 Å². The number of piperazine rings is 1. The molecule has 2 N–H and O–H groups in total. The van der Waals surface area contributed by atoms with E-state index < -0.39 is 21.3 Å². The zero-order valence-electron chi connectivity index (χ0n) is 68.2. The lowest BCUT2D eigenvalue weighted by Gasteiger charge is -2.33. The van der Waals surface area contributed by atoms with Crippen molar-refractivity contribution in [1.29, 1.82) is 0 Å². The number of benzene rings is 1. The predicted molar refractivity (Wildman–Crippen MR) is 452 cm³/mol. The van der Waals surface area contributed by atoms with E-state index in [1.807, 2.05) is 6.92 Å². The molecule has 0 unspecified atom stereocenters. The van der Waals surface area contributed by atoms with E-state index in [0.29, 0.717) is 12.8 Å². The van der Waals surface area contributed by atoms with Gasteiger partial charge in [0, 0.05) is 26.2 Å². The lowest BCUT2D eigenvalue weighted by Crippen LogP contribution is -2.44. The van der Waals surface area contributed by atoms with Crippen LogP contribution in [0.5, 0.6) is 0 Å². The molecular formula is C94H168N2O5S. The van der Waals surface area contributed by atoms with Crippen LogP contribution in [0.4, 0.5) is 0 Å². The molecule has 1 aromatic rings. The number of hydrogen-bond acceptors (Lipinski definition) is 7. The largest absolute Gasteiger partial charge is 0.390 e. The first-order valence-corrected chi connectivity index (χ1v) is 45.3. The molecule has 1 aromatic carbocycles. The van der Waals surface area contributed by atoms with E-state index in [1.54, 1.807) is 24.3 Å². The highest BCUT2D eigenvalue weighted by Crippen LogP contribution is 2.31. The third kappa shape index (κ3) is 65.2. The van der Waals surface area contributed by atoms with E-state index in [1.165, 1.54) is 315 Å². The van der Waals surface area contributed by atoms with E-state index in [4.69, 9.17) is 4.18 Å². The number of aliphatic hydroxyl groups is 2. The summed E-state index contributed by atoms with van der Waals surface area (Å²) in [5.74, 6) is 0. The molecule has 0 aliphatic carbocycles. The summed E-state index contributed by atoms with van der Waals surface area (Å²) in [7, 11) is -1.51. The van der Waals surface area contributed by atoms with E-state index in [2.05, 4.69) is 142 Å². The molecule has 1 fully saturated rings. The average molecular weight is 1440 g/mol. The molecule has 0 saturated carbocycles. The Hall–Kier alpha value is -3.11. The van der Waals surface area contributed by atoms with Gasteiger partial charge in [0.2, 0.25) is 0 Å². The summed E-state index contributed by atoms with van der Waals surface area (Å²) in [6.45, 7) is 17.2. The highest BCUT2D eigenvalue weighted by molar-refractivity contribution is 7.86. The second-order valence-corrected chi connectivity index (χ2v) is 32.5.